The average molecular weight is 143 g/mol. The Kier molecular flexibility index (Phi) is 3.95. The number of carbonyl (C=O) groups excluding carboxylic acids is 2. The van der Waals surface area contributed by atoms with Crippen LogP contribution in [0.25, 0.3) is 0 Å². The first-order chi connectivity index (χ1) is 4.70. The summed E-state index contributed by atoms with van der Waals surface area (Å²) >= 11 is 0. The van der Waals surface area contributed by atoms with E-state index in [4.69, 9.17) is 0 Å². The molecule has 0 aliphatic heterocycles. The Hall–Kier alpha value is -1.32. The molecule has 0 aromatic rings. The van der Waals surface area contributed by atoms with Crippen LogP contribution in [-0.2, 0) is 19.1 Å². The summed E-state index contributed by atoms with van der Waals surface area (Å²) in [6, 6.07) is 0. The van der Waals surface area contributed by atoms with E-state index in [0.717, 1.165) is 12.5 Å². The standard InChI is InChI=1S/C6H7O4/c1-3-6(8)10-5(2)9-4-7/h3,5H,1H2,2H3. The summed E-state index contributed by atoms with van der Waals surface area (Å²) in [6.07, 6.45) is 0.0768. The number of esters is 1. The minimum Gasteiger partial charge on any atom is -0.422 e. The normalized spacial score (nSPS) is 11.3. The second-order valence-corrected chi connectivity index (χ2v) is 1.41. The number of carbonyl (C=O) groups is 1. The molecule has 4 nitrogen and oxygen atoms in total. The van der Waals surface area contributed by atoms with Crippen molar-refractivity contribution < 1.29 is 19.1 Å². The lowest BCUT2D eigenvalue weighted by atomic mass is 10.6. The Labute approximate surface area is 58.4 Å². The zero-order chi connectivity index (χ0) is 7.98. The monoisotopic (exact) mass is 143 g/mol. The fourth-order valence-electron chi connectivity index (χ4n) is 0.303. The Bertz CT molecular complexity index is 141. The number of ether oxygens (including phenoxy) is 2. The van der Waals surface area contributed by atoms with Crippen LogP contribution in [0, 0.1) is 0 Å². The predicted molar refractivity (Wildman–Crippen MR) is 32.5 cm³/mol. The van der Waals surface area contributed by atoms with Crippen molar-refractivity contribution in [2.24, 2.45) is 0 Å². The molecular weight excluding hydrogens is 136 g/mol. The maximum atomic E-state index is 10.3. The van der Waals surface area contributed by atoms with E-state index in [1.807, 2.05) is 0 Å². The van der Waals surface area contributed by atoms with Crippen molar-refractivity contribution >= 4 is 12.4 Å². The molecule has 0 aromatic carbocycles. The SMILES string of the molecule is C=CC(=O)OC(C)O[C]=O. The number of hydrogen-bond acceptors (Lipinski definition) is 4. The second-order valence-electron chi connectivity index (χ2n) is 1.41. The van der Waals surface area contributed by atoms with Crippen LogP contribution in [0.2, 0.25) is 0 Å². The van der Waals surface area contributed by atoms with Gasteiger partial charge in [0, 0.05) is 13.0 Å². The molecule has 0 spiro atoms. The Morgan fingerprint density at radius 1 is 1.80 bits per heavy atom. The van der Waals surface area contributed by atoms with Crippen LogP contribution in [0.4, 0.5) is 0 Å². The lowest BCUT2D eigenvalue weighted by molar-refractivity contribution is -0.156. The molecule has 0 fully saturated rings. The van der Waals surface area contributed by atoms with Crippen LogP contribution >= 0.6 is 0 Å². The third kappa shape index (κ3) is 3.65. The molecule has 55 valence electrons. The molecule has 10 heavy (non-hydrogen) atoms. The molecule has 0 N–H and O–H groups in total. The molecule has 0 saturated heterocycles. The molecule has 0 saturated carbocycles. The van der Waals surface area contributed by atoms with Gasteiger partial charge in [0.15, 0.2) is 0 Å². The minimum absolute atomic E-state index is 0.636. The molecule has 0 amide bonds. The maximum absolute atomic E-state index is 10.3. The molecular formula is C6H7O4. The average Bonchev–Trinajstić information content (AvgIpc) is 1.88. The largest absolute Gasteiger partial charge is 0.422 e. The van der Waals surface area contributed by atoms with E-state index in [-0.39, 0.29) is 0 Å². The van der Waals surface area contributed by atoms with Crippen LogP contribution in [0.3, 0.4) is 0 Å². The molecule has 0 aliphatic rings. The summed E-state index contributed by atoms with van der Waals surface area (Å²) in [6.45, 7) is 5.68. The third-order valence-corrected chi connectivity index (χ3v) is 0.663. The Morgan fingerprint density at radius 2 is 2.40 bits per heavy atom. The fourth-order valence-corrected chi connectivity index (χ4v) is 0.303. The first-order valence-corrected chi connectivity index (χ1v) is 2.56. The Morgan fingerprint density at radius 3 is 2.80 bits per heavy atom. The molecule has 1 atom stereocenters. The first-order valence-electron chi connectivity index (χ1n) is 2.56. The van der Waals surface area contributed by atoms with Crippen molar-refractivity contribution in [3.8, 4) is 0 Å². The van der Waals surface area contributed by atoms with Gasteiger partial charge in [-0.3, -0.25) is 0 Å². The molecule has 1 unspecified atom stereocenters. The predicted octanol–water partition coefficient (Wildman–Crippen LogP) is 0.145. The minimum atomic E-state index is -0.900. The highest BCUT2D eigenvalue weighted by Gasteiger charge is 2.04. The van der Waals surface area contributed by atoms with Crippen molar-refractivity contribution in [2.45, 2.75) is 13.2 Å². The zero-order valence-corrected chi connectivity index (χ0v) is 5.49. The lowest BCUT2D eigenvalue weighted by Gasteiger charge is -2.06. The van der Waals surface area contributed by atoms with Gasteiger partial charge in [-0.1, -0.05) is 6.58 Å². The molecule has 4 heteroatoms. The summed E-state index contributed by atoms with van der Waals surface area (Å²) in [5, 5.41) is 0. The van der Waals surface area contributed by atoms with Gasteiger partial charge >= 0.3 is 12.4 Å². The highest BCUT2D eigenvalue weighted by molar-refractivity contribution is 5.81. The van der Waals surface area contributed by atoms with Crippen molar-refractivity contribution in [3.05, 3.63) is 12.7 Å². The van der Waals surface area contributed by atoms with Crippen LogP contribution in [-0.4, -0.2) is 18.7 Å². The van der Waals surface area contributed by atoms with Crippen LogP contribution in [0.5, 0.6) is 0 Å². The summed E-state index contributed by atoms with van der Waals surface area (Å²) in [7, 11) is 0. The Balaban J connectivity index is 3.55. The summed E-state index contributed by atoms with van der Waals surface area (Å²) in [5.74, 6) is -0.636. The van der Waals surface area contributed by atoms with E-state index in [0.29, 0.717) is 0 Å². The van der Waals surface area contributed by atoms with Gasteiger partial charge in [0.1, 0.15) is 0 Å². The van der Waals surface area contributed by atoms with Crippen molar-refractivity contribution in [1.29, 1.82) is 0 Å². The molecule has 0 rings (SSSR count). The first kappa shape index (κ1) is 8.68. The highest BCUT2D eigenvalue weighted by Crippen LogP contribution is 1.91. The fraction of sp³-hybridized carbons (Fsp3) is 0.333. The van der Waals surface area contributed by atoms with Crippen LogP contribution in [0.1, 0.15) is 6.92 Å². The molecule has 0 bridgehead atoms. The highest BCUT2D eigenvalue weighted by atomic mass is 16.7. The summed E-state index contributed by atoms with van der Waals surface area (Å²) < 4.78 is 8.52. The summed E-state index contributed by atoms with van der Waals surface area (Å²) in [5.41, 5.74) is 0. The molecule has 0 aromatic heterocycles. The van der Waals surface area contributed by atoms with Gasteiger partial charge in [0.2, 0.25) is 6.29 Å². The third-order valence-electron chi connectivity index (χ3n) is 0.663. The second kappa shape index (κ2) is 4.55. The molecule has 1 radical (unpaired) electrons. The topological polar surface area (TPSA) is 52.6 Å². The smallest absolute Gasteiger partial charge is 0.420 e. The van der Waals surface area contributed by atoms with Gasteiger partial charge in [-0.25, -0.2) is 9.59 Å². The molecule has 0 aliphatic carbocycles. The van der Waals surface area contributed by atoms with Gasteiger partial charge in [-0.15, -0.1) is 0 Å². The van der Waals surface area contributed by atoms with E-state index in [1.54, 1.807) is 0 Å². The number of hydrogen-bond donors (Lipinski definition) is 0. The number of rotatable bonds is 4. The van der Waals surface area contributed by atoms with Crippen molar-refractivity contribution in [2.75, 3.05) is 0 Å². The van der Waals surface area contributed by atoms with Crippen LogP contribution in [0.15, 0.2) is 12.7 Å². The van der Waals surface area contributed by atoms with Crippen molar-refractivity contribution in [3.63, 3.8) is 0 Å². The van der Waals surface area contributed by atoms with Gasteiger partial charge < -0.3 is 9.47 Å². The summed E-state index contributed by atoms with van der Waals surface area (Å²) in [4.78, 5) is 19.9. The zero-order valence-electron chi connectivity index (χ0n) is 5.49. The maximum Gasteiger partial charge on any atom is 0.420 e. The lowest BCUT2D eigenvalue weighted by Crippen LogP contribution is -2.15. The van der Waals surface area contributed by atoms with Gasteiger partial charge in [0.05, 0.1) is 0 Å². The molecule has 0 heterocycles. The van der Waals surface area contributed by atoms with Gasteiger partial charge in [-0.2, -0.15) is 0 Å². The van der Waals surface area contributed by atoms with Crippen LogP contribution < -0.4 is 0 Å². The van der Waals surface area contributed by atoms with E-state index in [2.05, 4.69) is 16.1 Å². The quantitative estimate of drug-likeness (QED) is 0.319. The van der Waals surface area contributed by atoms with E-state index >= 15 is 0 Å². The van der Waals surface area contributed by atoms with E-state index in [1.165, 1.54) is 6.92 Å². The van der Waals surface area contributed by atoms with Gasteiger partial charge in [0.25, 0.3) is 0 Å². The van der Waals surface area contributed by atoms with E-state index in [9.17, 15) is 9.59 Å². The van der Waals surface area contributed by atoms with Crippen molar-refractivity contribution in [1.82, 2.24) is 0 Å². The van der Waals surface area contributed by atoms with E-state index < -0.39 is 12.3 Å². The van der Waals surface area contributed by atoms with Gasteiger partial charge in [-0.05, 0) is 0 Å².